The molecule has 0 bridgehead atoms. The molecule has 4 aromatic rings. The highest BCUT2D eigenvalue weighted by Gasteiger charge is 2.27. The Morgan fingerprint density at radius 1 is 1.17 bits per heavy atom. The Kier molecular flexibility index (Phi) is 6.07. The van der Waals surface area contributed by atoms with Crippen molar-refractivity contribution in [1.82, 2.24) is 25.1 Å². The molecule has 5 rings (SSSR count). The lowest BCUT2D eigenvalue weighted by Crippen LogP contribution is -2.36. The molecule has 1 amide bonds. The van der Waals surface area contributed by atoms with Crippen LogP contribution >= 0.6 is 0 Å². The summed E-state index contributed by atoms with van der Waals surface area (Å²) in [5, 5.41) is 12.4. The molecule has 1 aliphatic rings. The number of rotatable bonds is 6. The van der Waals surface area contributed by atoms with Crippen LogP contribution in [-0.4, -0.2) is 50.6 Å². The van der Waals surface area contributed by atoms with Crippen LogP contribution in [0.15, 0.2) is 47.2 Å². The number of nitrogens with zero attached hydrogens (tertiary/aromatic N) is 5. The maximum absolute atomic E-state index is 12.8. The standard InChI is InChI=1S/C26H27N5O4/c1-4-31-23-8-7-20(16(2)25(23)27-29-31)21(14-24(32)34-3)18-6-5-17-9-11-30(15-19(17)13-18)26(33)22-10-12-35-28-22/h5-8,10,12-13,21H,4,9,11,14-15H2,1-3H3. The first-order chi connectivity index (χ1) is 17.0. The maximum atomic E-state index is 12.8. The minimum Gasteiger partial charge on any atom is -0.469 e. The predicted molar refractivity (Wildman–Crippen MR) is 128 cm³/mol. The molecule has 0 saturated heterocycles. The molecule has 1 atom stereocenters. The zero-order valence-corrected chi connectivity index (χ0v) is 20.0. The normalized spacial score (nSPS) is 14.1. The van der Waals surface area contributed by atoms with Crippen LogP contribution in [0.25, 0.3) is 11.0 Å². The molecular weight excluding hydrogens is 446 g/mol. The minimum absolute atomic E-state index is 0.152. The summed E-state index contributed by atoms with van der Waals surface area (Å²) in [4.78, 5) is 27.0. The van der Waals surface area contributed by atoms with E-state index in [0.29, 0.717) is 18.8 Å². The number of amides is 1. The molecule has 1 aliphatic heterocycles. The molecule has 2 aromatic carbocycles. The van der Waals surface area contributed by atoms with Crippen molar-refractivity contribution in [1.29, 1.82) is 0 Å². The van der Waals surface area contributed by atoms with Crippen molar-refractivity contribution in [2.45, 2.75) is 45.7 Å². The third-order valence-electron chi connectivity index (χ3n) is 6.84. The molecule has 0 saturated carbocycles. The third-order valence-corrected chi connectivity index (χ3v) is 6.84. The summed E-state index contributed by atoms with van der Waals surface area (Å²) < 4.78 is 11.7. The van der Waals surface area contributed by atoms with Gasteiger partial charge in [-0.1, -0.05) is 34.6 Å². The fraction of sp³-hybridized carbons (Fsp3) is 0.346. The van der Waals surface area contributed by atoms with Crippen molar-refractivity contribution in [2.24, 2.45) is 0 Å². The molecule has 9 nitrogen and oxygen atoms in total. The van der Waals surface area contributed by atoms with Gasteiger partial charge >= 0.3 is 5.97 Å². The predicted octanol–water partition coefficient (Wildman–Crippen LogP) is 3.64. The first kappa shape index (κ1) is 22.8. The number of fused-ring (bicyclic) bond motifs is 2. The van der Waals surface area contributed by atoms with Crippen molar-refractivity contribution >= 4 is 22.9 Å². The lowest BCUT2D eigenvalue weighted by atomic mass is 9.83. The molecule has 9 heteroatoms. The van der Waals surface area contributed by atoms with E-state index in [4.69, 9.17) is 9.26 Å². The van der Waals surface area contributed by atoms with Gasteiger partial charge in [-0.15, -0.1) is 5.10 Å². The minimum atomic E-state index is -0.285. The Balaban J connectivity index is 1.52. The van der Waals surface area contributed by atoms with Crippen LogP contribution in [0.2, 0.25) is 0 Å². The van der Waals surface area contributed by atoms with Crippen molar-refractivity contribution in [3.05, 3.63) is 76.2 Å². The topological polar surface area (TPSA) is 103 Å². The van der Waals surface area contributed by atoms with Gasteiger partial charge in [-0.25, -0.2) is 4.68 Å². The zero-order valence-electron chi connectivity index (χ0n) is 20.0. The second-order valence-corrected chi connectivity index (χ2v) is 8.78. The van der Waals surface area contributed by atoms with Crippen LogP contribution in [0, 0.1) is 6.92 Å². The van der Waals surface area contributed by atoms with E-state index in [9.17, 15) is 9.59 Å². The van der Waals surface area contributed by atoms with Gasteiger partial charge in [0, 0.05) is 31.6 Å². The van der Waals surface area contributed by atoms with Gasteiger partial charge in [0.05, 0.1) is 19.0 Å². The van der Waals surface area contributed by atoms with E-state index in [1.807, 2.05) is 24.6 Å². The lowest BCUT2D eigenvalue weighted by Gasteiger charge is -2.29. The fourth-order valence-electron chi connectivity index (χ4n) is 4.90. The monoisotopic (exact) mass is 473 g/mol. The second kappa shape index (κ2) is 9.32. The Morgan fingerprint density at radius 2 is 2.03 bits per heavy atom. The first-order valence-corrected chi connectivity index (χ1v) is 11.7. The average Bonchev–Trinajstić information content (AvgIpc) is 3.57. The molecule has 0 radical (unpaired) electrons. The Hall–Kier alpha value is -4.01. The molecule has 0 N–H and O–H groups in total. The van der Waals surface area contributed by atoms with Crippen molar-refractivity contribution < 1.29 is 18.8 Å². The maximum Gasteiger partial charge on any atom is 0.306 e. The highest BCUT2D eigenvalue weighted by atomic mass is 16.5. The first-order valence-electron chi connectivity index (χ1n) is 11.7. The number of aromatic nitrogens is 4. The average molecular weight is 474 g/mol. The molecule has 180 valence electrons. The van der Waals surface area contributed by atoms with Gasteiger partial charge in [-0.3, -0.25) is 9.59 Å². The number of hydrogen-bond donors (Lipinski definition) is 0. The number of ether oxygens (including phenoxy) is 1. The Labute approximate surface area is 202 Å². The second-order valence-electron chi connectivity index (χ2n) is 8.78. The summed E-state index contributed by atoms with van der Waals surface area (Å²) in [5.41, 5.74) is 7.38. The summed E-state index contributed by atoms with van der Waals surface area (Å²) in [5.74, 6) is -0.654. The molecular formula is C26H27N5O4. The van der Waals surface area contributed by atoms with Gasteiger partial charge in [0.25, 0.3) is 5.91 Å². The van der Waals surface area contributed by atoms with Crippen molar-refractivity contribution in [3.8, 4) is 0 Å². The van der Waals surface area contributed by atoms with E-state index in [1.54, 1.807) is 11.0 Å². The van der Waals surface area contributed by atoms with Crippen LogP contribution in [-0.2, 0) is 29.0 Å². The highest BCUT2D eigenvalue weighted by Crippen LogP contribution is 2.35. The molecule has 35 heavy (non-hydrogen) atoms. The van der Waals surface area contributed by atoms with E-state index in [-0.39, 0.29) is 24.2 Å². The van der Waals surface area contributed by atoms with Crippen LogP contribution in [0.5, 0.6) is 0 Å². The van der Waals surface area contributed by atoms with E-state index >= 15 is 0 Å². The molecule has 0 aliphatic carbocycles. The van der Waals surface area contributed by atoms with Crippen LogP contribution in [0.4, 0.5) is 0 Å². The number of hydrogen-bond acceptors (Lipinski definition) is 7. The van der Waals surface area contributed by atoms with Crippen LogP contribution < -0.4 is 0 Å². The zero-order chi connectivity index (χ0) is 24.5. The van der Waals surface area contributed by atoms with E-state index in [1.165, 1.54) is 18.9 Å². The van der Waals surface area contributed by atoms with Gasteiger partial charge in [0.2, 0.25) is 0 Å². The van der Waals surface area contributed by atoms with Gasteiger partial charge in [-0.05, 0) is 54.2 Å². The van der Waals surface area contributed by atoms with Gasteiger partial charge < -0.3 is 14.2 Å². The van der Waals surface area contributed by atoms with Crippen molar-refractivity contribution in [2.75, 3.05) is 13.7 Å². The fourth-order valence-corrected chi connectivity index (χ4v) is 4.90. The van der Waals surface area contributed by atoms with Gasteiger partial charge in [0.1, 0.15) is 11.8 Å². The van der Waals surface area contributed by atoms with E-state index in [2.05, 4.69) is 39.7 Å². The van der Waals surface area contributed by atoms with Crippen LogP contribution in [0.3, 0.4) is 0 Å². The van der Waals surface area contributed by atoms with Crippen LogP contribution in [0.1, 0.15) is 57.6 Å². The molecule has 3 heterocycles. The number of esters is 1. The third kappa shape index (κ3) is 4.18. The summed E-state index contributed by atoms with van der Waals surface area (Å²) >= 11 is 0. The lowest BCUT2D eigenvalue weighted by molar-refractivity contribution is -0.140. The largest absolute Gasteiger partial charge is 0.469 e. The quantitative estimate of drug-likeness (QED) is 0.394. The number of aryl methyl sites for hydroxylation is 2. The number of carbonyl (C=O) groups is 2. The van der Waals surface area contributed by atoms with Gasteiger partial charge in [0.15, 0.2) is 5.69 Å². The molecule has 1 unspecified atom stereocenters. The Bertz CT molecular complexity index is 1390. The number of carbonyl (C=O) groups excluding carboxylic acids is 2. The molecule has 2 aromatic heterocycles. The summed E-state index contributed by atoms with van der Waals surface area (Å²) in [7, 11) is 1.41. The summed E-state index contributed by atoms with van der Waals surface area (Å²) in [6.07, 6.45) is 2.36. The highest BCUT2D eigenvalue weighted by molar-refractivity contribution is 5.92. The number of benzene rings is 2. The SMILES string of the molecule is CCn1nnc2c(C)c(C(CC(=O)OC)c3ccc4c(c3)CN(C(=O)c3ccon3)CC4)ccc21. The van der Waals surface area contributed by atoms with Gasteiger partial charge in [-0.2, -0.15) is 0 Å². The molecule has 0 spiro atoms. The Morgan fingerprint density at radius 3 is 2.77 bits per heavy atom. The summed E-state index contributed by atoms with van der Waals surface area (Å²) in [6.45, 7) is 5.87. The van der Waals surface area contributed by atoms with E-state index in [0.717, 1.165) is 46.3 Å². The smallest absolute Gasteiger partial charge is 0.306 e. The van der Waals surface area contributed by atoms with Crippen molar-refractivity contribution in [3.63, 3.8) is 0 Å². The molecule has 0 fully saturated rings. The van der Waals surface area contributed by atoms with E-state index < -0.39 is 0 Å². The number of methoxy groups -OCH3 is 1. The summed E-state index contributed by atoms with van der Waals surface area (Å²) in [6, 6.07) is 11.9.